The molecule has 0 N–H and O–H groups in total. The fourth-order valence-corrected chi connectivity index (χ4v) is 2.50. The average Bonchev–Trinajstić information content (AvgIpc) is 2.66. The monoisotopic (exact) mass is 243 g/mol. The smallest absolute Gasteiger partial charge is 0.228 e. The van der Waals surface area contributed by atoms with Crippen LogP contribution in [0.15, 0.2) is 24.3 Å². The predicted octanol–water partition coefficient (Wildman–Crippen LogP) is 4.34. The molecule has 2 heteroatoms. The lowest BCUT2D eigenvalue weighted by Crippen LogP contribution is -2.09. The summed E-state index contributed by atoms with van der Waals surface area (Å²) >= 11 is 0. The van der Waals surface area contributed by atoms with Crippen LogP contribution in [0.4, 0.5) is 0 Å². The Morgan fingerprint density at radius 1 is 1.22 bits per heavy atom. The van der Waals surface area contributed by atoms with Crippen molar-refractivity contribution in [1.29, 1.82) is 0 Å². The first-order valence-electron chi connectivity index (χ1n) is 6.75. The van der Waals surface area contributed by atoms with Crippen molar-refractivity contribution in [3.05, 3.63) is 35.5 Å². The zero-order valence-corrected chi connectivity index (χ0v) is 11.5. The van der Waals surface area contributed by atoms with Crippen molar-refractivity contribution < 1.29 is 4.79 Å². The van der Waals surface area contributed by atoms with Crippen LogP contribution in [0.25, 0.3) is 10.9 Å². The van der Waals surface area contributed by atoms with Crippen LogP contribution < -0.4 is 0 Å². The second-order valence-corrected chi connectivity index (χ2v) is 5.01. The molecule has 2 rings (SSSR count). The standard InChI is InChI=1S/C16H21NO/c1-4-5-6-7-15-11-14-10-12(2)8-9-16(14)17(15)13(3)18/h8-11H,4-7H2,1-3H3. The van der Waals surface area contributed by atoms with Crippen molar-refractivity contribution in [1.82, 2.24) is 4.57 Å². The maximum absolute atomic E-state index is 11.8. The van der Waals surface area contributed by atoms with E-state index in [4.69, 9.17) is 0 Å². The molecule has 0 saturated carbocycles. The van der Waals surface area contributed by atoms with Crippen LogP contribution in [0.2, 0.25) is 0 Å². The number of nitrogens with zero attached hydrogens (tertiary/aromatic N) is 1. The molecule has 1 heterocycles. The third-order valence-corrected chi connectivity index (χ3v) is 3.38. The molecule has 0 spiro atoms. The van der Waals surface area contributed by atoms with Gasteiger partial charge in [-0.05, 0) is 38.0 Å². The van der Waals surface area contributed by atoms with Gasteiger partial charge in [0, 0.05) is 18.0 Å². The number of aromatic nitrogens is 1. The van der Waals surface area contributed by atoms with Gasteiger partial charge in [0.15, 0.2) is 0 Å². The number of benzene rings is 1. The summed E-state index contributed by atoms with van der Waals surface area (Å²) in [5.41, 5.74) is 3.43. The summed E-state index contributed by atoms with van der Waals surface area (Å²) in [4.78, 5) is 11.8. The molecular weight excluding hydrogens is 222 g/mol. The normalized spacial score (nSPS) is 11.1. The third-order valence-electron chi connectivity index (χ3n) is 3.38. The summed E-state index contributed by atoms with van der Waals surface area (Å²) in [7, 11) is 0. The Bertz CT molecular complexity index is 566. The second kappa shape index (κ2) is 5.38. The van der Waals surface area contributed by atoms with E-state index >= 15 is 0 Å². The lowest BCUT2D eigenvalue weighted by molar-refractivity contribution is 0.0938. The van der Waals surface area contributed by atoms with Crippen molar-refractivity contribution in [2.45, 2.75) is 46.5 Å². The Morgan fingerprint density at radius 2 is 2.00 bits per heavy atom. The van der Waals surface area contributed by atoms with E-state index in [2.05, 4.69) is 38.1 Å². The summed E-state index contributed by atoms with van der Waals surface area (Å²) in [5, 5.41) is 1.18. The SMILES string of the molecule is CCCCCc1cc2cc(C)ccc2n1C(C)=O. The average molecular weight is 243 g/mol. The first-order chi connectivity index (χ1) is 8.63. The molecule has 0 fully saturated rings. The molecule has 0 aliphatic carbocycles. The molecule has 2 aromatic rings. The Kier molecular flexibility index (Phi) is 3.85. The van der Waals surface area contributed by atoms with Crippen molar-refractivity contribution >= 4 is 16.8 Å². The van der Waals surface area contributed by atoms with Gasteiger partial charge in [0.05, 0.1) is 5.52 Å². The highest BCUT2D eigenvalue weighted by Gasteiger charge is 2.11. The van der Waals surface area contributed by atoms with Gasteiger partial charge in [0.1, 0.15) is 0 Å². The Hall–Kier alpha value is -1.57. The highest BCUT2D eigenvalue weighted by Crippen LogP contribution is 2.22. The highest BCUT2D eigenvalue weighted by molar-refractivity contribution is 5.93. The van der Waals surface area contributed by atoms with Gasteiger partial charge in [-0.2, -0.15) is 0 Å². The number of unbranched alkanes of at least 4 members (excludes halogenated alkanes) is 2. The van der Waals surface area contributed by atoms with Gasteiger partial charge in [-0.15, -0.1) is 0 Å². The van der Waals surface area contributed by atoms with Crippen molar-refractivity contribution in [3.8, 4) is 0 Å². The predicted molar refractivity (Wildman–Crippen MR) is 76.2 cm³/mol. The Morgan fingerprint density at radius 3 is 2.67 bits per heavy atom. The maximum atomic E-state index is 11.8. The number of hydrogen-bond acceptors (Lipinski definition) is 1. The second-order valence-electron chi connectivity index (χ2n) is 5.01. The summed E-state index contributed by atoms with van der Waals surface area (Å²) in [6.45, 7) is 5.92. The van der Waals surface area contributed by atoms with Crippen LogP contribution in [-0.4, -0.2) is 10.5 Å². The van der Waals surface area contributed by atoms with Crippen LogP contribution in [0.1, 0.15) is 49.2 Å². The van der Waals surface area contributed by atoms with Gasteiger partial charge < -0.3 is 0 Å². The lowest BCUT2D eigenvalue weighted by Gasteiger charge is -2.06. The Balaban J connectivity index is 2.44. The van der Waals surface area contributed by atoms with Crippen LogP contribution >= 0.6 is 0 Å². The Labute approximate surface area is 109 Å². The van der Waals surface area contributed by atoms with E-state index in [-0.39, 0.29) is 5.91 Å². The molecule has 0 saturated heterocycles. The van der Waals surface area contributed by atoms with E-state index in [9.17, 15) is 4.79 Å². The molecule has 1 aromatic heterocycles. The highest BCUT2D eigenvalue weighted by atomic mass is 16.1. The number of fused-ring (bicyclic) bond motifs is 1. The van der Waals surface area contributed by atoms with E-state index in [1.165, 1.54) is 23.8 Å². The molecule has 0 aliphatic rings. The van der Waals surface area contributed by atoms with Crippen molar-refractivity contribution in [2.24, 2.45) is 0 Å². The lowest BCUT2D eigenvalue weighted by atomic mass is 10.1. The number of carbonyl (C=O) groups is 1. The van der Waals surface area contributed by atoms with Crippen molar-refractivity contribution in [3.63, 3.8) is 0 Å². The summed E-state index contributed by atoms with van der Waals surface area (Å²) in [6.07, 6.45) is 4.57. The molecule has 2 nitrogen and oxygen atoms in total. The van der Waals surface area contributed by atoms with Gasteiger partial charge in [-0.3, -0.25) is 9.36 Å². The quantitative estimate of drug-likeness (QED) is 0.732. The van der Waals surface area contributed by atoms with Crippen LogP contribution in [0, 0.1) is 6.92 Å². The van der Waals surface area contributed by atoms with E-state index < -0.39 is 0 Å². The molecular formula is C16H21NO. The molecule has 0 atom stereocenters. The first kappa shape index (κ1) is 12.9. The van der Waals surface area contributed by atoms with E-state index in [0.29, 0.717) is 0 Å². The summed E-state index contributed by atoms with van der Waals surface area (Å²) in [5.74, 6) is 0.111. The van der Waals surface area contributed by atoms with E-state index in [1.807, 2.05) is 4.57 Å². The largest absolute Gasteiger partial charge is 0.284 e. The van der Waals surface area contributed by atoms with Gasteiger partial charge in [0.25, 0.3) is 0 Å². The third kappa shape index (κ3) is 2.47. The van der Waals surface area contributed by atoms with Gasteiger partial charge >= 0.3 is 0 Å². The molecule has 0 aliphatic heterocycles. The molecule has 0 radical (unpaired) electrons. The fourth-order valence-electron chi connectivity index (χ4n) is 2.50. The number of aryl methyl sites for hydroxylation is 2. The van der Waals surface area contributed by atoms with Crippen LogP contribution in [0.5, 0.6) is 0 Å². The minimum atomic E-state index is 0.111. The number of rotatable bonds is 4. The molecule has 1 aromatic carbocycles. The molecule has 0 unspecified atom stereocenters. The van der Waals surface area contributed by atoms with Crippen molar-refractivity contribution in [2.75, 3.05) is 0 Å². The minimum absolute atomic E-state index is 0.111. The summed E-state index contributed by atoms with van der Waals surface area (Å²) in [6, 6.07) is 8.43. The molecule has 96 valence electrons. The summed E-state index contributed by atoms with van der Waals surface area (Å²) < 4.78 is 1.87. The fraction of sp³-hybridized carbons (Fsp3) is 0.438. The zero-order chi connectivity index (χ0) is 13.1. The minimum Gasteiger partial charge on any atom is -0.284 e. The molecule has 18 heavy (non-hydrogen) atoms. The van der Waals surface area contributed by atoms with Crippen LogP contribution in [-0.2, 0) is 6.42 Å². The van der Waals surface area contributed by atoms with Crippen LogP contribution in [0.3, 0.4) is 0 Å². The number of carbonyl (C=O) groups excluding carboxylic acids is 1. The topological polar surface area (TPSA) is 22.0 Å². The van der Waals surface area contributed by atoms with Gasteiger partial charge in [0.2, 0.25) is 5.91 Å². The maximum Gasteiger partial charge on any atom is 0.228 e. The van der Waals surface area contributed by atoms with E-state index in [0.717, 1.165) is 24.1 Å². The molecule has 0 bridgehead atoms. The zero-order valence-electron chi connectivity index (χ0n) is 11.5. The van der Waals surface area contributed by atoms with Gasteiger partial charge in [-0.25, -0.2) is 0 Å². The molecule has 0 amide bonds. The first-order valence-corrected chi connectivity index (χ1v) is 6.75. The van der Waals surface area contributed by atoms with E-state index in [1.54, 1.807) is 6.92 Å². The number of hydrogen-bond donors (Lipinski definition) is 0. The van der Waals surface area contributed by atoms with Gasteiger partial charge in [-0.1, -0.05) is 31.4 Å².